The number of hydrogen-bond donors (Lipinski definition) is 1. The number of hydrogen-bond acceptors (Lipinski definition) is 4. The van der Waals surface area contributed by atoms with Crippen LogP contribution in [0.2, 0.25) is 0 Å². The number of aromatic nitrogens is 1. The summed E-state index contributed by atoms with van der Waals surface area (Å²) in [6.45, 7) is 0.287. The lowest BCUT2D eigenvalue weighted by Crippen LogP contribution is -2.26. The lowest BCUT2D eigenvalue weighted by molar-refractivity contribution is 0.579. The van der Waals surface area contributed by atoms with Gasteiger partial charge in [-0.2, -0.15) is 0 Å². The van der Waals surface area contributed by atoms with Crippen molar-refractivity contribution in [3.8, 4) is 11.5 Å². The Hall–Kier alpha value is -1.66. The molecular formula is C13H14N2O3S. The quantitative estimate of drug-likeness (QED) is 0.907. The highest BCUT2D eigenvalue weighted by Crippen LogP contribution is 2.27. The largest absolute Gasteiger partial charge is 0.463 e. The van der Waals surface area contributed by atoms with Gasteiger partial charge in [0.15, 0.2) is 5.76 Å². The third-order valence-electron chi connectivity index (χ3n) is 3.04. The highest BCUT2D eigenvalue weighted by atomic mass is 32.2. The minimum Gasteiger partial charge on any atom is -0.463 e. The van der Waals surface area contributed by atoms with Crippen molar-refractivity contribution in [3.63, 3.8) is 0 Å². The molecular weight excluding hydrogens is 264 g/mol. The molecule has 0 atom stereocenters. The van der Waals surface area contributed by atoms with Gasteiger partial charge in [0.05, 0.1) is 11.5 Å². The van der Waals surface area contributed by atoms with Crippen molar-refractivity contribution in [2.45, 2.75) is 24.6 Å². The predicted octanol–water partition coefficient (Wildman–Crippen LogP) is 1.92. The lowest BCUT2D eigenvalue weighted by Gasteiger charge is -2.06. The normalized spacial score (nSPS) is 15.6. The van der Waals surface area contributed by atoms with Crippen molar-refractivity contribution in [2.24, 2.45) is 0 Å². The second kappa shape index (κ2) is 4.79. The van der Waals surface area contributed by atoms with E-state index in [4.69, 9.17) is 4.42 Å². The van der Waals surface area contributed by atoms with Crippen LogP contribution >= 0.6 is 0 Å². The van der Waals surface area contributed by atoms with E-state index in [2.05, 4.69) is 9.71 Å². The second-order valence-electron chi connectivity index (χ2n) is 4.59. The molecule has 2 heterocycles. The first-order chi connectivity index (χ1) is 9.15. The molecule has 100 valence electrons. The van der Waals surface area contributed by atoms with Gasteiger partial charge >= 0.3 is 0 Å². The van der Waals surface area contributed by atoms with Crippen LogP contribution in [0.3, 0.4) is 0 Å². The van der Waals surface area contributed by atoms with Gasteiger partial charge in [-0.05, 0) is 42.7 Å². The van der Waals surface area contributed by atoms with Gasteiger partial charge in [0.1, 0.15) is 5.69 Å². The highest BCUT2D eigenvalue weighted by Gasteiger charge is 2.35. The summed E-state index contributed by atoms with van der Waals surface area (Å²) in [4.78, 5) is 4.20. The Morgan fingerprint density at radius 3 is 2.89 bits per heavy atom. The molecule has 5 nitrogen and oxygen atoms in total. The summed E-state index contributed by atoms with van der Waals surface area (Å²) in [7, 11) is -3.15. The molecule has 6 heteroatoms. The maximum Gasteiger partial charge on any atom is 0.214 e. The molecule has 1 saturated carbocycles. The van der Waals surface area contributed by atoms with Crippen molar-refractivity contribution in [3.05, 3.63) is 42.3 Å². The predicted molar refractivity (Wildman–Crippen MR) is 70.7 cm³/mol. The molecule has 1 fully saturated rings. The van der Waals surface area contributed by atoms with Crippen LogP contribution in [0.1, 0.15) is 18.4 Å². The highest BCUT2D eigenvalue weighted by molar-refractivity contribution is 7.90. The summed E-state index contributed by atoms with van der Waals surface area (Å²) in [5.41, 5.74) is 1.57. The Kier molecular flexibility index (Phi) is 3.12. The number of furan rings is 1. The summed E-state index contributed by atoms with van der Waals surface area (Å²) in [6, 6.07) is 7.23. The summed E-state index contributed by atoms with van der Waals surface area (Å²) < 4.78 is 31.4. The van der Waals surface area contributed by atoms with Gasteiger partial charge in [-0.15, -0.1) is 0 Å². The smallest absolute Gasteiger partial charge is 0.214 e. The van der Waals surface area contributed by atoms with Gasteiger partial charge < -0.3 is 4.42 Å². The molecule has 19 heavy (non-hydrogen) atoms. The molecule has 2 aromatic heterocycles. The zero-order valence-electron chi connectivity index (χ0n) is 10.2. The molecule has 3 rings (SSSR count). The molecule has 0 bridgehead atoms. The second-order valence-corrected chi connectivity index (χ2v) is 6.64. The van der Waals surface area contributed by atoms with E-state index in [1.807, 2.05) is 12.1 Å². The van der Waals surface area contributed by atoms with Gasteiger partial charge in [-0.1, -0.05) is 0 Å². The first-order valence-corrected chi connectivity index (χ1v) is 7.67. The molecule has 0 aromatic carbocycles. The zero-order chi connectivity index (χ0) is 13.3. The van der Waals surface area contributed by atoms with Gasteiger partial charge in [0.25, 0.3) is 0 Å². The summed E-state index contributed by atoms with van der Waals surface area (Å²) in [5.74, 6) is 0.673. The van der Waals surface area contributed by atoms with E-state index < -0.39 is 10.0 Å². The number of pyridine rings is 1. The van der Waals surface area contributed by atoms with E-state index in [-0.39, 0.29) is 11.8 Å². The van der Waals surface area contributed by atoms with E-state index >= 15 is 0 Å². The topological polar surface area (TPSA) is 72.2 Å². The molecule has 1 aliphatic carbocycles. The average Bonchev–Trinajstić information content (AvgIpc) is 3.14. The fraction of sp³-hybridized carbons (Fsp3) is 0.308. The van der Waals surface area contributed by atoms with Crippen LogP contribution in [0, 0.1) is 0 Å². The monoisotopic (exact) mass is 278 g/mol. The Bertz CT molecular complexity index is 661. The first kappa shape index (κ1) is 12.4. The molecule has 0 amide bonds. The third-order valence-corrected chi connectivity index (χ3v) is 4.93. The molecule has 0 spiro atoms. The number of rotatable bonds is 5. The summed E-state index contributed by atoms with van der Waals surface area (Å²) in [5, 5.41) is -0.195. The summed E-state index contributed by atoms with van der Waals surface area (Å²) in [6.07, 6.45) is 4.77. The standard InChI is InChI=1S/C13H14N2O3S/c16-19(17,11-3-4-11)15-9-10-5-6-14-12(8-10)13-2-1-7-18-13/h1-2,5-8,11,15H,3-4,9H2. The fourth-order valence-corrected chi connectivity index (χ4v) is 3.18. The number of nitrogens with one attached hydrogen (secondary N) is 1. The molecule has 2 aromatic rings. The van der Waals surface area contributed by atoms with Crippen molar-refractivity contribution in [1.29, 1.82) is 0 Å². The van der Waals surface area contributed by atoms with Crippen molar-refractivity contribution < 1.29 is 12.8 Å². The molecule has 0 radical (unpaired) electrons. The van der Waals surface area contributed by atoms with E-state index in [1.54, 1.807) is 24.6 Å². The molecule has 1 aliphatic rings. The third kappa shape index (κ3) is 2.85. The Labute approximate surface area is 111 Å². The van der Waals surface area contributed by atoms with Crippen molar-refractivity contribution in [2.75, 3.05) is 0 Å². The van der Waals surface area contributed by atoms with Crippen molar-refractivity contribution >= 4 is 10.0 Å². The Morgan fingerprint density at radius 2 is 2.21 bits per heavy atom. The summed E-state index contributed by atoms with van der Waals surface area (Å²) >= 11 is 0. The maximum absolute atomic E-state index is 11.7. The minimum atomic E-state index is -3.15. The van der Waals surface area contributed by atoms with Crippen LogP contribution in [-0.4, -0.2) is 18.7 Å². The number of sulfonamides is 1. The van der Waals surface area contributed by atoms with Crippen molar-refractivity contribution in [1.82, 2.24) is 9.71 Å². The van der Waals surface area contributed by atoms with Crippen LogP contribution in [-0.2, 0) is 16.6 Å². The maximum atomic E-state index is 11.7. The Balaban J connectivity index is 1.73. The fourth-order valence-electron chi connectivity index (χ4n) is 1.82. The van der Waals surface area contributed by atoms with Crippen LogP contribution in [0.15, 0.2) is 41.1 Å². The van der Waals surface area contributed by atoms with E-state index in [9.17, 15) is 8.42 Å². The van der Waals surface area contributed by atoms with E-state index in [0.717, 1.165) is 18.4 Å². The molecule has 1 N–H and O–H groups in total. The van der Waals surface area contributed by atoms with Crippen LogP contribution in [0.4, 0.5) is 0 Å². The van der Waals surface area contributed by atoms with Crippen LogP contribution in [0.5, 0.6) is 0 Å². The zero-order valence-corrected chi connectivity index (χ0v) is 11.1. The SMILES string of the molecule is O=S(=O)(NCc1ccnc(-c2ccco2)c1)C1CC1. The van der Waals surface area contributed by atoms with Crippen LogP contribution < -0.4 is 4.72 Å². The van der Waals surface area contributed by atoms with E-state index in [1.165, 1.54) is 0 Å². The van der Waals surface area contributed by atoms with Crippen LogP contribution in [0.25, 0.3) is 11.5 Å². The lowest BCUT2D eigenvalue weighted by atomic mass is 10.2. The Morgan fingerprint density at radius 1 is 1.37 bits per heavy atom. The molecule has 0 aliphatic heterocycles. The van der Waals surface area contributed by atoms with Gasteiger partial charge in [-0.25, -0.2) is 13.1 Å². The minimum absolute atomic E-state index is 0.195. The molecule has 0 saturated heterocycles. The van der Waals surface area contributed by atoms with E-state index in [0.29, 0.717) is 11.5 Å². The van der Waals surface area contributed by atoms with Gasteiger partial charge in [0, 0.05) is 12.7 Å². The average molecular weight is 278 g/mol. The molecule has 0 unspecified atom stereocenters. The van der Waals surface area contributed by atoms with Gasteiger partial charge in [0.2, 0.25) is 10.0 Å². The van der Waals surface area contributed by atoms with Gasteiger partial charge in [-0.3, -0.25) is 4.98 Å². The number of nitrogens with zero attached hydrogens (tertiary/aromatic N) is 1. The first-order valence-electron chi connectivity index (χ1n) is 6.12.